The number of morpholine rings is 1. The number of aliphatic imine (C=N–C) groups is 1. The lowest BCUT2D eigenvalue weighted by Crippen LogP contribution is -2.36. The molecular weight excluding hydrogens is 259 g/mol. The number of ether oxygens (including phenoxy) is 2. The summed E-state index contributed by atoms with van der Waals surface area (Å²) in [5.41, 5.74) is 2.06. The Labute approximate surface area is 119 Å². The highest BCUT2D eigenvalue weighted by atomic mass is 19.1. The maximum Gasteiger partial charge on any atom is 0.115 e. The summed E-state index contributed by atoms with van der Waals surface area (Å²) in [5, 5.41) is 0. The molecule has 110 valence electrons. The number of hydrogen-bond donors (Lipinski definition) is 0. The van der Waals surface area contributed by atoms with Gasteiger partial charge in [0.1, 0.15) is 18.8 Å². The van der Waals surface area contributed by atoms with Crippen LogP contribution in [0.4, 0.5) is 10.1 Å². The molecule has 0 radical (unpaired) electrons. The lowest BCUT2D eigenvalue weighted by atomic mass is 10.0. The quantitative estimate of drug-likeness (QED) is 0.750. The van der Waals surface area contributed by atoms with Crippen LogP contribution >= 0.6 is 0 Å². The van der Waals surface area contributed by atoms with E-state index in [1.807, 2.05) is 24.3 Å². The number of halogens is 1. The molecule has 1 saturated heterocycles. The number of hydrogen-bond acceptors (Lipinski definition) is 4. The van der Waals surface area contributed by atoms with Gasteiger partial charge in [0.15, 0.2) is 0 Å². The Morgan fingerprint density at radius 1 is 1.35 bits per heavy atom. The van der Waals surface area contributed by atoms with Gasteiger partial charge in [-0.2, -0.15) is 0 Å². The molecule has 1 aromatic rings. The summed E-state index contributed by atoms with van der Waals surface area (Å²) in [6, 6.07) is 7.43. The van der Waals surface area contributed by atoms with Crippen molar-refractivity contribution >= 4 is 12.4 Å². The van der Waals surface area contributed by atoms with Crippen LogP contribution in [0, 0.1) is 0 Å². The van der Waals surface area contributed by atoms with E-state index in [4.69, 9.17) is 9.47 Å². The third-order valence-electron chi connectivity index (χ3n) is 3.59. The van der Waals surface area contributed by atoms with Crippen LogP contribution in [0.25, 0.3) is 0 Å². The Morgan fingerprint density at radius 3 is 2.50 bits per heavy atom. The lowest BCUT2D eigenvalue weighted by Gasteiger charge is -2.29. The van der Waals surface area contributed by atoms with E-state index < -0.39 is 18.8 Å². The Hall–Kier alpha value is -1.46. The maximum absolute atomic E-state index is 12.9. The first kappa shape index (κ1) is 14.9. The average molecular weight is 280 g/mol. The Balaban J connectivity index is 2.11. The van der Waals surface area contributed by atoms with Crippen LogP contribution < -0.4 is 4.90 Å². The molecule has 0 N–H and O–H groups in total. The van der Waals surface area contributed by atoms with Crippen LogP contribution in [-0.4, -0.2) is 52.8 Å². The third-order valence-corrected chi connectivity index (χ3v) is 3.59. The molecule has 0 amide bonds. The SMILES string of the molecule is C=N[C@H](CF)[C@H](OC)c1ccc(N2CCOCC2)cc1. The average Bonchev–Trinajstić information content (AvgIpc) is 2.53. The van der Waals surface area contributed by atoms with E-state index >= 15 is 0 Å². The van der Waals surface area contributed by atoms with Gasteiger partial charge < -0.3 is 14.4 Å². The van der Waals surface area contributed by atoms with Crippen molar-refractivity contribution in [2.24, 2.45) is 4.99 Å². The number of methoxy groups -OCH3 is 1. The van der Waals surface area contributed by atoms with Gasteiger partial charge >= 0.3 is 0 Å². The molecule has 0 aliphatic carbocycles. The normalized spacial score (nSPS) is 18.6. The summed E-state index contributed by atoms with van der Waals surface area (Å²) in [6.07, 6.45) is -0.392. The molecule has 0 aromatic heterocycles. The summed E-state index contributed by atoms with van der Waals surface area (Å²) in [7, 11) is 1.56. The number of alkyl halides is 1. The smallest absolute Gasteiger partial charge is 0.115 e. The minimum atomic E-state index is -0.576. The molecule has 0 unspecified atom stereocenters. The second-order valence-electron chi connectivity index (χ2n) is 4.75. The van der Waals surface area contributed by atoms with Crippen LogP contribution in [0.2, 0.25) is 0 Å². The molecule has 20 heavy (non-hydrogen) atoms. The number of anilines is 1. The first-order valence-electron chi connectivity index (χ1n) is 6.77. The molecule has 4 nitrogen and oxygen atoms in total. The van der Waals surface area contributed by atoms with Gasteiger partial charge in [-0.1, -0.05) is 12.1 Å². The van der Waals surface area contributed by atoms with E-state index in [0.29, 0.717) is 0 Å². The third kappa shape index (κ3) is 3.35. The summed E-state index contributed by atoms with van der Waals surface area (Å²) >= 11 is 0. The van der Waals surface area contributed by atoms with E-state index in [1.165, 1.54) is 0 Å². The fraction of sp³-hybridized carbons (Fsp3) is 0.533. The molecule has 0 spiro atoms. The summed E-state index contributed by atoms with van der Waals surface area (Å²) in [6.45, 7) is 6.16. The molecule has 0 saturated carbocycles. The molecule has 1 aliphatic rings. The van der Waals surface area contributed by atoms with Gasteiger partial charge in [-0.25, -0.2) is 4.39 Å². The van der Waals surface area contributed by atoms with Crippen LogP contribution in [0.1, 0.15) is 11.7 Å². The molecule has 2 atom stereocenters. The molecule has 5 heteroatoms. The predicted molar refractivity (Wildman–Crippen MR) is 78.5 cm³/mol. The summed E-state index contributed by atoms with van der Waals surface area (Å²) in [5.74, 6) is 0. The van der Waals surface area contributed by atoms with E-state index in [0.717, 1.165) is 37.6 Å². The van der Waals surface area contributed by atoms with Crippen LogP contribution in [0.5, 0.6) is 0 Å². The first-order valence-corrected chi connectivity index (χ1v) is 6.77. The van der Waals surface area contributed by atoms with Crippen LogP contribution in [-0.2, 0) is 9.47 Å². The van der Waals surface area contributed by atoms with Crippen molar-refractivity contribution in [1.82, 2.24) is 0 Å². The Kier molecular flexibility index (Phi) is 5.49. The Morgan fingerprint density at radius 2 is 2.00 bits per heavy atom. The molecule has 1 aliphatic heterocycles. The zero-order valence-electron chi connectivity index (χ0n) is 11.8. The zero-order chi connectivity index (χ0) is 14.4. The van der Waals surface area contributed by atoms with E-state index in [-0.39, 0.29) is 0 Å². The highest BCUT2D eigenvalue weighted by Gasteiger charge is 2.22. The van der Waals surface area contributed by atoms with Crippen molar-refractivity contribution in [3.63, 3.8) is 0 Å². The Bertz CT molecular complexity index is 418. The molecule has 2 rings (SSSR count). The van der Waals surface area contributed by atoms with Gasteiger partial charge in [0.05, 0.1) is 13.2 Å². The minimum absolute atomic E-state index is 0.392. The van der Waals surface area contributed by atoms with Crippen LogP contribution in [0.3, 0.4) is 0 Å². The second-order valence-corrected chi connectivity index (χ2v) is 4.75. The molecule has 1 fully saturated rings. The van der Waals surface area contributed by atoms with Crippen molar-refractivity contribution in [3.8, 4) is 0 Å². The fourth-order valence-electron chi connectivity index (χ4n) is 2.44. The number of nitrogens with zero attached hydrogens (tertiary/aromatic N) is 2. The standard InChI is InChI=1S/C15H21FN2O2/c1-17-14(11-16)15(19-2)12-3-5-13(6-4-12)18-7-9-20-10-8-18/h3-6,14-15H,1,7-11H2,2H3/t14-,15-/m1/s1. The zero-order valence-corrected chi connectivity index (χ0v) is 11.8. The van der Waals surface area contributed by atoms with Crippen molar-refractivity contribution in [2.45, 2.75) is 12.1 Å². The van der Waals surface area contributed by atoms with Crippen LogP contribution in [0.15, 0.2) is 29.3 Å². The van der Waals surface area contributed by atoms with Gasteiger partial charge in [0.25, 0.3) is 0 Å². The topological polar surface area (TPSA) is 34.1 Å². The lowest BCUT2D eigenvalue weighted by molar-refractivity contribution is 0.0731. The maximum atomic E-state index is 12.9. The van der Waals surface area contributed by atoms with Crippen molar-refractivity contribution in [2.75, 3.05) is 45.0 Å². The van der Waals surface area contributed by atoms with Gasteiger partial charge in [-0.05, 0) is 24.4 Å². The van der Waals surface area contributed by atoms with Crippen molar-refractivity contribution < 1.29 is 13.9 Å². The van der Waals surface area contributed by atoms with E-state index in [2.05, 4.69) is 16.6 Å². The molecule has 0 bridgehead atoms. The molecule has 1 aromatic carbocycles. The highest BCUT2D eigenvalue weighted by molar-refractivity contribution is 5.48. The largest absolute Gasteiger partial charge is 0.378 e. The van der Waals surface area contributed by atoms with Gasteiger partial charge in [0, 0.05) is 25.9 Å². The highest BCUT2D eigenvalue weighted by Crippen LogP contribution is 2.26. The molecular formula is C15H21FN2O2. The number of benzene rings is 1. The monoisotopic (exact) mass is 280 g/mol. The van der Waals surface area contributed by atoms with Gasteiger partial charge in [-0.3, -0.25) is 4.99 Å². The van der Waals surface area contributed by atoms with Gasteiger partial charge in [0.2, 0.25) is 0 Å². The minimum Gasteiger partial charge on any atom is -0.378 e. The van der Waals surface area contributed by atoms with E-state index in [9.17, 15) is 4.39 Å². The summed E-state index contributed by atoms with van der Waals surface area (Å²) < 4.78 is 23.6. The predicted octanol–water partition coefficient (Wildman–Crippen LogP) is 2.25. The first-order chi connectivity index (χ1) is 9.80. The van der Waals surface area contributed by atoms with Gasteiger partial charge in [-0.15, -0.1) is 0 Å². The van der Waals surface area contributed by atoms with Crippen molar-refractivity contribution in [1.29, 1.82) is 0 Å². The fourth-order valence-corrected chi connectivity index (χ4v) is 2.44. The number of rotatable bonds is 6. The summed E-state index contributed by atoms with van der Waals surface area (Å²) in [4.78, 5) is 6.06. The second kappa shape index (κ2) is 7.36. The van der Waals surface area contributed by atoms with E-state index in [1.54, 1.807) is 7.11 Å². The van der Waals surface area contributed by atoms with Crippen molar-refractivity contribution in [3.05, 3.63) is 29.8 Å². The molecule has 1 heterocycles.